The average Bonchev–Trinajstić information content (AvgIpc) is 3.37. The third-order valence-electron chi connectivity index (χ3n) is 4.67. The van der Waals surface area contributed by atoms with Gasteiger partial charge in [-0.2, -0.15) is 0 Å². The second kappa shape index (κ2) is 8.23. The molecule has 0 unspecified atom stereocenters. The Bertz CT molecular complexity index is 1080. The smallest absolute Gasteiger partial charge is 0.257 e. The van der Waals surface area contributed by atoms with Gasteiger partial charge in [0.15, 0.2) is 5.13 Å². The summed E-state index contributed by atoms with van der Waals surface area (Å²) in [5.41, 5.74) is 2.77. The SMILES string of the molecule is COc1ccc(-c2csc(NC(=O)c3cccc(N4CCCC4=O)c3)n2)cc1Cl. The predicted molar refractivity (Wildman–Crippen MR) is 115 cm³/mol. The molecule has 1 fully saturated rings. The van der Waals surface area contributed by atoms with Gasteiger partial charge >= 0.3 is 0 Å². The minimum absolute atomic E-state index is 0.0882. The van der Waals surface area contributed by atoms with Crippen LogP contribution in [0.3, 0.4) is 0 Å². The van der Waals surface area contributed by atoms with Gasteiger partial charge in [-0.25, -0.2) is 4.98 Å². The van der Waals surface area contributed by atoms with Crippen LogP contribution >= 0.6 is 22.9 Å². The van der Waals surface area contributed by atoms with E-state index in [1.54, 1.807) is 42.3 Å². The summed E-state index contributed by atoms with van der Waals surface area (Å²) in [7, 11) is 1.56. The number of methoxy groups -OCH3 is 1. The number of nitrogens with one attached hydrogen (secondary N) is 1. The Morgan fingerprint density at radius 3 is 2.86 bits per heavy atom. The molecule has 3 aromatic rings. The van der Waals surface area contributed by atoms with Crippen molar-refractivity contribution < 1.29 is 14.3 Å². The summed E-state index contributed by atoms with van der Waals surface area (Å²) in [5, 5.41) is 5.66. The number of aromatic nitrogens is 1. The van der Waals surface area contributed by atoms with Crippen LogP contribution in [0.4, 0.5) is 10.8 Å². The van der Waals surface area contributed by atoms with E-state index < -0.39 is 0 Å². The summed E-state index contributed by atoms with van der Waals surface area (Å²) in [6, 6.07) is 12.5. The van der Waals surface area contributed by atoms with Crippen LogP contribution in [-0.4, -0.2) is 30.5 Å². The van der Waals surface area contributed by atoms with Gasteiger partial charge in [-0.1, -0.05) is 17.7 Å². The summed E-state index contributed by atoms with van der Waals surface area (Å²) in [6.07, 6.45) is 1.39. The number of thiazole rings is 1. The number of hydrogen-bond donors (Lipinski definition) is 1. The van der Waals surface area contributed by atoms with Crippen molar-refractivity contribution >= 4 is 45.6 Å². The molecule has 1 N–H and O–H groups in total. The van der Waals surface area contributed by atoms with E-state index in [-0.39, 0.29) is 11.8 Å². The molecular weight excluding hydrogens is 410 g/mol. The van der Waals surface area contributed by atoms with E-state index in [4.69, 9.17) is 16.3 Å². The summed E-state index contributed by atoms with van der Waals surface area (Å²) < 4.78 is 5.16. The second-order valence-corrected chi connectivity index (χ2v) is 7.81. The number of ether oxygens (including phenoxy) is 1. The zero-order valence-electron chi connectivity index (χ0n) is 15.6. The molecule has 0 saturated carbocycles. The summed E-state index contributed by atoms with van der Waals surface area (Å²) >= 11 is 7.51. The van der Waals surface area contributed by atoms with Gasteiger partial charge in [-0.15, -0.1) is 11.3 Å². The molecule has 148 valence electrons. The highest BCUT2D eigenvalue weighted by atomic mass is 35.5. The van der Waals surface area contributed by atoms with E-state index >= 15 is 0 Å². The molecule has 0 spiro atoms. The van der Waals surface area contributed by atoms with E-state index in [9.17, 15) is 9.59 Å². The van der Waals surface area contributed by atoms with Crippen LogP contribution in [-0.2, 0) is 4.79 Å². The van der Waals surface area contributed by atoms with Crippen LogP contribution in [0.5, 0.6) is 5.75 Å². The molecule has 1 aliphatic rings. The molecular formula is C21H18ClN3O3S. The Hall–Kier alpha value is -2.90. The largest absolute Gasteiger partial charge is 0.495 e. The van der Waals surface area contributed by atoms with E-state index in [1.165, 1.54) is 11.3 Å². The average molecular weight is 428 g/mol. The van der Waals surface area contributed by atoms with E-state index in [2.05, 4.69) is 10.3 Å². The van der Waals surface area contributed by atoms with Crippen molar-refractivity contribution in [2.24, 2.45) is 0 Å². The third-order valence-corrected chi connectivity index (χ3v) is 5.72. The van der Waals surface area contributed by atoms with Crippen LogP contribution in [0.2, 0.25) is 5.02 Å². The normalized spacial score (nSPS) is 13.6. The number of hydrogen-bond acceptors (Lipinski definition) is 5. The number of carbonyl (C=O) groups is 2. The van der Waals surface area contributed by atoms with E-state index in [1.807, 2.05) is 17.5 Å². The van der Waals surface area contributed by atoms with Gasteiger partial charge in [0.2, 0.25) is 5.91 Å². The fourth-order valence-electron chi connectivity index (χ4n) is 3.19. The first-order valence-corrected chi connectivity index (χ1v) is 10.3. The van der Waals surface area contributed by atoms with E-state index in [0.29, 0.717) is 40.1 Å². The van der Waals surface area contributed by atoms with Crippen molar-refractivity contribution in [3.05, 3.63) is 58.4 Å². The Morgan fingerprint density at radius 1 is 1.28 bits per heavy atom. The molecule has 4 rings (SSSR count). The molecule has 2 heterocycles. The lowest BCUT2D eigenvalue weighted by Crippen LogP contribution is -2.24. The van der Waals surface area contributed by atoms with Gasteiger partial charge in [0, 0.05) is 35.2 Å². The molecule has 0 bridgehead atoms. The molecule has 1 saturated heterocycles. The van der Waals surface area contributed by atoms with Crippen molar-refractivity contribution in [2.45, 2.75) is 12.8 Å². The molecule has 1 aliphatic heterocycles. The Kier molecular flexibility index (Phi) is 5.51. The highest BCUT2D eigenvalue weighted by molar-refractivity contribution is 7.14. The summed E-state index contributed by atoms with van der Waals surface area (Å²) in [6.45, 7) is 0.685. The Morgan fingerprint density at radius 2 is 2.14 bits per heavy atom. The molecule has 6 nitrogen and oxygen atoms in total. The maximum Gasteiger partial charge on any atom is 0.257 e. The van der Waals surface area contributed by atoms with Gasteiger partial charge in [-0.05, 0) is 42.8 Å². The molecule has 2 aromatic carbocycles. The van der Waals surface area contributed by atoms with Crippen molar-refractivity contribution in [3.8, 4) is 17.0 Å². The minimum Gasteiger partial charge on any atom is -0.495 e. The van der Waals surface area contributed by atoms with Crippen molar-refractivity contribution in [1.82, 2.24) is 4.98 Å². The van der Waals surface area contributed by atoms with Crippen LogP contribution in [0.15, 0.2) is 47.8 Å². The van der Waals surface area contributed by atoms with Crippen molar-refractivity contribution in [2.75, 3.05) is 23.9 Å². The number of benzene rings is 2. The zero-order chi connectivity index (χ0) is 20.4. The number of carbonyl (C=O) groups excluding carboxylic acids is 2. The number of amides is 2. The predicted octanol–water partition coefficient (Wildman–Crippen LogP) is 4.85. The molecule has 8 heteroatoms. The highest BCUT2D eigenvalue weighted by Crippen LogP contribution is 2.32. The Labute approximate surface area is 177 Å². The zero-order valence-corrected chi connectivity index (χ0v) is 17.2. The van der Waals surface area contributed by atoms with Crippen molar-refractivity contribution in [3.63, 3.8) is 0 Å². The third kappa shape index (κ3) is 4.11. The van der Waals surface area contributed by atoms with Gasteiger partial charge < -0.3 is 9.64 Å². The lowest BCUT2D eigenvalue weighted by atomic mass is 10.1. The summed E-state index contributed by atoms with van der Waals surface area (Å²) in [5.74, 6) is 0.410. The van der Waals surface area contributed by atoms with Crippen LogP contribution < -0.4 is 15.0 Å². The first-order chi connectivity index (χ1) is 14.0. The van der Waals surface area contributed by atoms with Gasteiger partial charge in [0.25, 0.3) is 5.91 Å². The second-order valence-electron chi connectivity index (χ2n) is 6.54. The van der Waals surface area contributed by atoms with Crippen LogP contribution in [0, 0.1) is 0 Å². The van der Waals surface area contributed by atoms with Crippen LogP contribution in [0.25, 0.3) is 11.3 Å². The Balaban J connectivity index is 1.50. The van der Waals surface area contributed by atoms with Gasteiger partial charge in [0.05, 0.1) is 17.8 Å². The molecule has 0 atom stereocenters. The van der Waals surface area contributed by atoms with Gasteiger partial charge in [-0.3, -0.25) is 14.9 Å². The summed E-state index contributed by atoms with van der Waals surface area (Å²) in [4.78, 5) is 30.8. The lowest BCUT2D eigenvalue weighted by Gasteiger charge is -2.16. The monoisotopic (exact) mass is 427 g/mol. The molecule has 0 radical (unpaired) electrons. The van der Waals surface area contributed by atoms with Gasteiger partial charge in [0.1, 0.15) is 5.75 Å². The quantitative estimate of drug-likeness (QED) is 0.631. The number of nitrogens with zero attached hydrogens (tertiary/aromatic N) is 2. The van der Waals surface area contributed by atoms with Crippen molar-refractivity contribution in [1.29, 1.82) is 0 Å². The maximum atomic E-state index is 12.7. The number of halogens is 1. The first kappa shape index (κ1) is 19.4. The highest BCUT2D eigenvalue weighted by Gasteiger charge is 2.22. The standard InChI is InChI=1S/C21H18ClN3O3S/c1-28-18-8-7-13(11-16(18)22)17-12-29-21(23-17)24-20(27)14-4-2-5-15(10-14)25-9-3-6-19(25)26/h2,4-5,7-8,10-12H,3,6,9H2,1H3,(H,23,24,27). The minimum atomic E-state index is -0.271. The maximum absolute atomic E-state index is 12.7. The number of rotatable bonds is 5. The van der Waals surface area contributed by atoms with E-state index in [0.717, 1.165) is 17.7 Å². The molecule has 0 aliphatic carbocycles. The molecule has 2 amide bonds. The first-order valence-electron chi connectivity index (χ1n) is 9.06. The molecule has 1 aromatic heterocycles. The fourth-order valence-corrected chi connectivity index (χ4v) is 4.17. The molecule has 29 heavy (non-hydrogen) atoms. The number of anilines is 2. The van der Waals surface area contributed by atoms with Crippen LogP contribution in [0.1, 0.15) is 23.2 Å². The fraction of sp³-hybridized carbons (Fsp3) is 0.190. The topological polar surface area (TPSA) is 71.5 Å². The lowest BCUT2D eigenvalue weighted by molar-refractivity contribution is -0.117.